The third-order valence-electron chi connectivity index (χ3n) is 11.8. The number of benzene rings is 10. The lowest BCUT2D eigenvalue weighted by Gasteiger charge is -2.27. The maximum atomic E-state index is 2.48. The van der Waals surface area contributed by atoms with Gasteiger partial charge in [-0.05, 0) is 105 Å². The third kappa shape index (κ3) is 5.03. The molecule has 3 heteroatoms. The average molecular weight is 743 g/mol. The van der Waals surface area contributed by atoms with Gasteiger partial charge in [0.05, 0.1) is 16.7 Å². The van der Waals surface area contributed by atoms with Gasteiger partial charge in [0.25, 0.3) is 0 Å². The van der Waals surface area contributed by atoms with E-state index in [-0.39, 0.29) is 0 Å². The third-order valence-corrected chi connectivity index (χ3v) is 12.9. The highest BCUT2D eigenvalue weighted by Crippen LogP contribution is 2.46. The van der Waals surface area contributed by atoms with Crippen molar-refractivity contribution in [2.24, 2.45) is 0 Å². The van der Waals surface area contributed by atoms with Crippen LogP contribution in [0.15, 0.2) is 206 Å². The van der Waals surface area contributed by atoms with Crippen LogP contribution in [0.1, 0.15) is 0 Å². The molecule has 0 aliphatic heterocycles. The predicted octanol–water partition coefficient (Wildman–Crippen LogP) is 15.7. The molecule has 0 aliphatic rings. The molecule has 12 aromatic rings. The van der Waals surface area contributed by atoms with Gasteiger partial charge in [0.2, 0.25) is 0 Å². The van der Waals surface area contributed by atoms with Gasteiger partial charge < -0.3 is 9.47 Å². The van der Waals surface area contributed by atoms with Crippen LogP contribution in [-0.4, -0.2) is 4.57 Å². The highest BCUT2D eigenvalue weighted by molar-refractivity contribution is 7.25. The number of thiophene rings is 1. The van der Waals surface area contributed by atoms with Crippen LogP contribution in [0.4, 0.5) is 17.1 Å². The molecule has 0 N–H and O–H groups in total. The first-order valence-electron chi connectivity index (χ1n) is 19.5. The van der Waals surface area contributed by atoms with Crippen LogP contribution in [0.5, 0.6) is 0 Å². The van der Waals surface area contributed by atoms with Crippen molar-refractivity contribution in [1.29, 1.82) is 0 Å². The quantitative estimate of drug-likeness (QED) is 0.159. The van der Waals surface area contributed by atoms with Gasteiger partial charge in [-0.2, -0.15) is 0 Å². The Balaban J connectivity index is 1.11. The summed E-state index contributed by atoms with van der Waals surface area (Å²) >= 11 is 1.87. The molecule has 2 aromatic heterocycles. The van der Waals surface area contributed by atoms with Crippen molar-refractivity contribution in [3.8, 4) is 16.8 Å². The highest BCUT2D eigenvalue weighted by Gasteiger charge is 2.21. The number of hydrogen-bond acceptors (Lipinski definition) is 2. The number of rotatable bonds is 5. The van der Waals surface area contributed by atoms with Crippen molar-refractivity contribution in [1.82, 2.24) is 4.57 Å². The summed E-state index contributed by atoms with van der Waals surface area (Å²) in [6.45, 7) is 0. The zero-order chi connectivity index (χ0) is 37.5. The SMILES string of the molecule is c1ccc(-c2ccc3c(c2)sc2ccc(N(c4ccc5c(c4)c4ccccc4n5-c4ccccc4)c4cccc5c4ccc4c6ccccc6ccc54)cc23)cc1. The number of anilines is 3. The van der Waals surface area contributed by atoms with E-state index in [0.717, 1.165) is 22.7 Å². The van der Waals surface area contributed by atoms with Gasteiger partial charge in [0.1, 0.15) is 0 Å². The van der Waals surface area contributed by atoms with Gasteiger partial charge in [-0.3, -0.25) is 0 Å². The van der Waals surface area contributed by atoms with Crippen molar-refractivity contribution in [3.63, 3.8) is 0 Å². The molecule has 0 aliphatic carbocycles. The zero-order valence-electron chi connectivity index (χ0n) is 30.9. The monoisotopic (exact) mass is 742 g/mol. The summed E-state index contributed by atoms with van der Waals surface area (Å²) in [5.41, 5.74) is 9.44. The number of para-hydroxylation sites is 2. The molecule has 0 spiro atoms. The van der Waals surface area contributed by atoms with Crippen molar-refractivity contribution in [3.05, 3.63) is 206 Å². The minimum absolute atomic E-state index is 1.12. The van der Waals surface area contributed by atoms with Gasteiger partial charge in [-0.25, -0.2) is 0 Å². The van der Waals surface area contributed by atoms with E-state index in [4.69, 9.17) is 0 Å². The number of hydrogen-bond donors (Lipinski definition) is 0. The second-order valence-electron chi connectivity index (χ2n) is 14.9. The van der Waals surface area contributed by atoms with E-state index in [2.05, 4.69) is 216 Å². The van der Waals surface area contributed by atoms with E-state index in [0.29, 0.717) is 0 Å². The second kappa shape index (κ2) is 12.7. The summed E-state index contributed by atoms with van der Waals surface area (Å²) in [7, 11) is 0. The van der Waals surface area contributed by atoms with Crippen molar-refractivity contribution in [2.45, 2.75) is 0 Å². The normalized spacial score (nSPS) is 11.9. The van der Waals surface area contributed by atoms with Gasteiger partial charge in [-0.15, -0.1) is 11.3 Å². The zero-order valence-corrected chi connectivity index (χ0v) is 31.7. The van der Waals surface area contributed by atoms with E-state index in [1.165, 1.54) is 85.4 Å². The van der Waals surface area contributed by atoms with Gasteiger partial charge in [0.15, 0.2) is 0 Å². The van der Waals surface area contributed by atoms with E-state index in [9.17, 15) is 0 Å². The van der Waals surface area contributed by atoms with Crippen molar-refractivity contribution < 1.29 is 0 Å². The summed E-state index contributed by atoms with van der Waals surface area (Å²) < 4.78 is 4.98. The lowest BCUT2D eigenvalue weighted by Crippen LogP contribution is -2.10. The Morgan fingerprint density at radius 1 is 0.333 bits per heavy atom. The second-order valence-corrected chi connectivity index (χ2v) is 16.0. The molecule has 12 rings (SSSR count). The van der Waals surface area contributed by atoms with Crippen LogP contribution in [-0.2, 0) is 0 Å². The topological polar surface area (TPSA) is 8.17 Å². The van der Waals surface area contributed by atoms with Crippen LogP contribution < -0.4 is 4.90 Å². The summed E-state index contributed by atoms with van der Waals surface area (Å²) in [6, 6.07) is 75.8. The molecule has 0 atom stereocenters. The molecular weight excluding hydrogens is 709 g/mol. The molecule has 0 saturated carbocycles. The van der Waals surface area contributed by atoms with Crippen LogP contribution in [0, 0.1) is 0 Å². The Labute approximate surface area is 333 Å². The smallest absolute Gasteiger partial charge is 0.0542 e. The van der Waals surface area contributed by atoms with Crippen LogP contribution >= 0.6 is 11.3 Å². The summed E-state index contributed by atoms with van der Waals surface area (Å²) in [6.07, 6.45) is 0. The molecule has 10 aromatic carbocycles. The summed E-state index contributed by atoms with van der Waals surface area (Å²) in [5.74, 6) is 0. The fraction of sp³-hybridized carbons (Fsp3) is 0. The summed E-state index contributed by atoms with van der Waals surface area (Å²) in [4.78, 5) is 2.48. The Morgan fingerprint density at radius 3 is 1.84 bits per heavy atom. The molecule has 266 valence electrons. The molecule has 2 heterocycles. The first kappa shape index (κ1) is 32.1. The molecule has 0 bridgehead atoms. The van der Waals surface area contributed by atoms with Crippen molar-refractivity contribution >= 4 is 103 Å². The molecule has 0 radical (unpaired) electrons. The standard InChI is InChI=1S/C54H34N2S/c1-3-12-35(13-4-1)37-23-27-47-49-34-40(25-31-53(49)57-54(47)32-37)55(50-21-11-19-42-44-26-22-36-14-7-8-17-41(36)43(44)28-29-46(42)50)39-24-30-52-48(33-39)45-18-9-10-20-51(45)56(52)38-15-5-2-6-16-38/h1-34H. The largest absolute Gasteiger partial charge is 0.310 e. The first-order chi connectivity index (χ1) is 28.3. The van der Waals surface area contributed by atoms with Crippen LogP contribution in [0.25, 0.3) is 91.1 Å². The molecule has 2 nitrogen and oxygen atoms in total. The lowest BCUT2D eigenvalue weighted by atomic mass is 9.96. The van der Waals surface area contributed by atoms with Gasteiger partial charge in [-0.1, -0.05) is 140 Å². The Bertz CT molecular complexity index is 3520. The Kier molecular flexibility index (Phi) is 7.13. The molecule has 0 amide bonds. The fourth-order valence-corrected chi connectivity index (χ4v) is 10.3. The van der Waals surface area contributed by atoms with E-state index in [1.54, 1.807) is 0 Å². The van der Waals surface area contributed by atoms with Crippen LogP contribution in [0.3, 0.4) is 0 Å². The van der Waals surface area contributed by atoms with Crippen LogP contribution in [0.2, 0.25) is 0 Å². The first-order valence-corrected chi connectivity index (χ1v) is 20.3. The molecule has 0 unspecified atom stereocenters. The maximum absolute atomic E-state index is 2.48. The molecular formula is C54H34N2S. The predicted molar refractivity (Wildman–Crippen MR) is 246 cm³/mol. The van der Waals surface area contributed by atoms with E-state index >= 15 is 0 Å². The number of aromatic nitrogens is 1. The molecule has 0 fully saturated rings. The summed E-state index contributed by atoms with van der Waals surface area (Å²) in [5, 5.41) is 12.6. The fourth-order valence-electron chi connectivity index (χ4n) is 9.13. The minimum atomic E-state index is 1.12. The van der Waals surface area contributed by atoms with E-state index in [1.807, 2.05) is 11.3 Å². The Hall–Kier alpha value is -7.20. The highest BCUT2D eigenvalue weighted by atomic mass is 32.1. The minimum Gasteiger partial charge on any atom is -0.310 e. The van der Waals surface area contributed by atoms with E-state index < -0.39 is 0 Å². The maximum Gasteiger partial charge on any atom is 0.0542 e. The van der Waals surface area contributed by atoms with Gasteiger partial charge in [0, 0.05) is 53.4 Å². The molecule has 0 saturated heterocycles. The van der Waals surface area contributed by atoms with Gasteiger partial charge >= 0.3 is 0 Å². The number of fused-ring (bicyclic) bond motifs is 11. The number of nitrogens with zero attached hydrogens (tertiary/aromatic N) is 2. The lowest BCUT2D eigenvalue weighted by molar-refractivity contribution is 1.18. The van der Waals surface area contributed by atoms with Crippen molar-refractivity contribution in [2.75, 3.05) is 4.90 Å². The Morgan fingerprint density at radius 2 is 0.965 bits per heavy atom. The average Bonchev–Trinajstić information content (AvgIpc) is 3.81. The molecule has 57 heavy (non-hydrogen) atoms.